The van der Waals surface area contributed by atoms with Gasteiger partial charge in [-0.15, -0.1) is 0 Å². The number of para-hydroxylation sites is 2. The van der Waals surface area contributed by atoms with Crippen molar-refractivity contribution in [1.82, 2.24) is 4.98 Å². The highest BCUT2D eigenvalue weighted by Crippen LogP contribution is 2.52. The second-order valence-corrected chi connectivity index (χ2v) is 12.3. The Morgan fingerprint density at radius 2 is 0.932 bits per heavy atom. The minimum absolute atomic E-state index is 1.12. The lowest BCUT2D eigenvalue weighted by molar-refractivity contribution is 1.17. The second kappa shape index (κ2) is 10.1. The van der Waals surface area contributed by atoms with Crippen LogP contribution in [0.1, 0.15) is 0 Å². The van der Waals surface area contributed by atoms with Crippen molar-refractivity contribution < 1.29 is 0 Å². The Morgan fingerprint density at radius 3 is 1.64 bits per heavy atom. The first-order valence-corrected chi connectivity index (χ1v) is 15.7. The van der Waals surface area contributed by atoms with E-state index < -0.39 is 0 Å². The van der Waals surface area contributed by atoms with Gasteiger partial charge in [0.25, 0.3) is 0 Å². The predicted octanol–water partition coefficient (Wildman–Crippen LogP) is 11.8. The van der Waals surface area contributed by atoms with Crippen molar-refractivity contribution in [3.05, 3.63) is 158 Å². The van der Waals surface area contributed by atoms with Crippen LogP contribution in [0, 0.1) is 0 Å². The summed E-state index contributed by atoms with van der Waals surface area (Å²) in [5.74, 6) is 0. The fourth-order valence-electron chi connectivity index (χ4n) is 6.63. The third-order valence-electron chi connectivity index (χ3n) is 8.69. The van der Waals surface area contributed by atoms with E-state index in [9.17, 15) is 0 Å². The average Bonchev–Trinajstić information content (AvgIpc) is 3.10. The van der Waals surface area contributed by atoms with E-state index in [4.69, 9.17) is 0 Å². The average molecular weight is 579 g/mol. The minimum Gasteiger partial charge on any atom is -0.308 e. The maximum absolute atomic E-state index is 4.61. The summed E-state index contributed by atoms with van der Waals surface area (Å²) in [5, 5.41) is 7.57. The Labute approximate surface area is 260 Å². The van der Waals surface area contributed by atoms with Crippen LogP contribution in [0.15, 0.2) is 168 Å². The first-order chi connectivity index (χ1) is 21.8. The molecule has 0 amide bonds. The molecule has 0 saturated carbocycles. The number of hydrogen-bond donors (Lipinski definition) is 0. The molecule has 2 nitrogen and oxygen atoms in total. The van der Waals surface area contributed by atoms with E-state index in [0.29, 0.717) is 0 Å². The van der Waals surface area contributed by atoms with E-state index >= 15 is 0 Å². The molecule has 9 rings (SSSR count). The molecule has 206 valence electrons. The van der Waals surface area contributed by atoms with Crippen molar-refractivity contribution in [3.8, 4) is 22.3 Å². The molecule has 0 radical (unpaired) electrons. The van der Waals surface area contributed by atoms with E-state index in [1.807, 2.05) is 30.2 Å². The maximum Gasteiger partial charge on any atom is 0.0601 e. The highest BCUT2D eigenvalue weighted by Gasteiger charge is 2.24. The number of anilines is 3. The highest BCUT2D eigenvalue weighted by atomic mass is 32.2. The summed E-state index contributed by atoms with van der Waals surface area (Å²) in [6.07, 6.45) is 3.91. The molecule has 1 aliphatic rings. The van der Waals surface area contributed by atoms with Gasteiger partial charge in [0.15, 0.2) is 0 Å². The van der Waals surface area contributed by atoms with Gasteiger partial charge in [-0.25, -0.2) is 0 Å². The summed E-state index contributed by atoms with van der Waals surface area (Å²) in [5.41, 5.74) is 8.19. The third kappa shape index (κ3) is 4.01. The maximum atomic E-state index is 4.61. The smallest absolute Gasteiger partial charge is 0.0601 e. The van der Waals surface area contributed by atoms with Crippen LogP contribution in [0.25, 0.3) is 54.6 Å². The van der Waals surface area contributed by atoms with Gasteiger partial charge in [0.1, 0.15) is 0 Å². The number of benzene rings is 7. The van der Waals surface area contributed by atoms with E-state index in [0.717, 1.165) is 11.1 Å². The van der Waals surface area contributed by atoms with Crippen molar-refractivity contribution >= 4 is 61.1 Å². The normalized spacial score (nSPS) is 12.4. The molecule has 0 spiro atoms. The van der Waals surface area contributed by atoms with E-state index in [1.165, 1.54) is 70.3 Å². The zero-order chi connectivity index (χ0) is 29.0. The van der Waals surface area contributed by atoms with Crippen LogP contribution in [-0.4, -0.2) is 4.98 Å². The van der Waals surface area contributed by atoms with Crippen LogP contribution >= 0.6 is 11.8 Å². The molecule has 0 bridgehead atoms. The monoisotopic (exact) mass is 578 g/mol. The van der Waals surface area contributed by atoms with Crippen LogP contribution in [0.2, 0.25) is 0 Å². The Kier molecular flexibility index (Phi) is 5.78. The van der Waals surface area contributed by atoms with Crippen LogP contribution < -0.4 is 4.90 Å². The second-order valence-electron chi connectivity index (χ2n) is 11.2. The predicted molar refractivity (Wildman–Crippen MR) is 186 cm³/mol. The summed E-state index contributed by atoms with van der Waals surface area (Å²) < 4.78 is 0. The van der Waals surface area contributed by atoms with E-state index in [2.05, 4.69) is 149 Å². The van der Waals surface area contributed by atoms with E-state index in [1.54, 1.807) is 0 Å². The molecule has 0 aliphatic carbocycles. The molecule has 8 aromatic rings. The van der Waals surface area contributed by atoms with Crippen molar-refractivity contribution in [2.45, 2.75) is 9.79 Å². The van der Waals surface area contributed by atoms with Gasteiger partial charge >= 0.3 is 0 Å². The standard InChI is InChI=1S/C41H26N2S/c1-2-10-27(11-3-1)29-22-30(26-42-25-29)28-18-20-34-35-21-19-31(24-37(35)33-13-5-4-12-32(33)36(34)23-28)43-38-14-6-8-16-40(38)44-41-17-9-7-15-39(41)43/h1-26H. The molecule has 0 fully saturated rings. The summed E-state index contributed by atoms with van der Waals surface area (Å²) >= 11 is 1.84. The van der Waals surface area contributed by atoms with Gasteiger partial charge in [-0.3, -0.25) is 4.98 Å². The molecule has 3 heteroatoms. The van der Waals surface area contributed by atoms with Crippen LogP contribution in [0.5, 0.6) is 0 Å². The molecule has 0 saturated heterocycles. The van der Waals surface area contributed by atoms with Gasteiger partial charge in [-0.2, -0.15) is 0 Å². The highest BCUT2D eigenvalue weighted by molar-refractivity contribution is 7.99. The Morgan fingerprint density at radius 1 is 0.386 bits per heavy atom. The molecule has 7 aromatic carbocycles. The van der Waals surface area contributed by atoms with Crippen molar-refractivity contribution in [2.24, 2.45) is 0 Å². The minimum atomic E-state index is 1.12. The molecule has 44 heavy (non-hydrogen) atoms. The first kappa shape index (κ1) is 25.1. The topological polar surface area (TPSA) is 16.1 Å². The number of aromatic nitrogens is 1. The summed E-state index contributed by atoms with van der Waals surface area (Å²) in [7, 11) is 0. The molecular formula is C41H26N2S. The summed E-state index contributed by atoms with van der Waals surface area (Å²) in [6.45, 7) is 0. The van der Waals surface area contributed by atoms with Gasteiger partial charge in [-0.1, -0.05) is 109 Å². The molecule has 0 atom stereocenters. The molecule has 1 aliphatic heterocycles. The van der Waals surface area contributed by atoms with Crippen molar-refractivity contribution in [2.75, 3.05) is 4.90 Å². The van der Waals surface area contributed by atoms with Crippen LogP contribution in [0.3, 0.4) is 0 Å². The van der Waals surface area contributed by atoms with Gasteiger partial charge < -0.3 is 4.90 Å². The molecule has 2 heterocycles. The molecule has 1 aromatic heterocycles. The quantitative estimate of drug-likeness (QED) is 0.194. The first-order valence-electron chi connectivity index (χ1n) is 14.9. The largest absolute Gasteiger partial charge is 0.308 e. The Hall–Kier alpha value is -5.38. The zero-order valence-corrected chi connectivity index (χ0v) is 24.6. The fourth-order valence-corrected chi connectivity index (χ4v) is 7.69. The Bertz CT molecular complexity index is 2310. The zero-order valence-electron chi connectivity index (χ0n) is 23.8. The summed E-state index contributed by atoms with van der Waals surface area (Å²) in [6, 6.07) is 52.8. The lowest BCUT2D eigenvalue weighted by Gasteiger charge is -2.33. The SMILES string of the molecule is c1ccc(-c2cncc(-c3ccc4c5ccc(N6c7ccccc7Sc7ccccc76)cc5c5ccccc5c4c3)c2)cc1. The van der Waals surface area contributed by atoms with Crippen LogP contribution in [-0.2, 0) is 0 Å². The lowest BCUT2D eigenvalue weighted by Crippen LogP contribution is -2.14. The van der Waals surface area contributed by atoms with Gasteiger partial charge in [0.05, 0.1) is 11.4 Å². The van der Waals surface area contributed by atoms with Gasteiger partial charge in [0, 0.05) is 39.0 Å². The van der Waals surface area contributed by atoms with Crippen LogP contribution in [0.4, 0.5) is 17.1 Å². The number of pyridine rings is 1. The molecular weight excluding hydrogens is 553 g/mol. The number of nitrogens with zero attached hydrogens (tertiary/aromatic N) is 2. The lowest BCUT2D eigenvalue weighted by atomic mass is 9.91. The fraction of sp³-hybridized carbons (Fsp3) is 0. The molecule has 0 unspecified atom stereocenters. The van der Waals surface area contributed by atoms with E-state index in [-0.39, 0.29) is 0 Å². The van der Waals surface area contributed by atoms with Crippen molar-refractivity contribution in [3.63, 3.8) is 0 Å². The number of fused-ring (bicyclic) bond motifs is 8. The van der Waals surface area contributed by atoms with Crippen molar-refractivity contribution in [1.29, 1.82) is 0 Å². The summed E-state index contributed by atoms with van der Waals surface area (Å²) in [4.78, 5) is 9.56. The Balaban J connectivity index is 1.24. The number of rotatable bonds is 3. The third-order valence-corrected chi connectivity index (χ3v) is 9.82. The van der Waals surface area contributed by atoms with Gasteiger partial charge in [0.2, 0.25) is 0 Å². The van der Waals surface area contributed by atoms with Gasteiger partial charge in [-0.05, 0) is 92.0 Å². The number of hydrogen-bond acceptors (Lipinski definition) is 3. The molecule has 0 N–H and O–H groups in total.